The van der Waals surface area contributed by atoms with Crippen LogP contribution >= 0.6 is 15.9 Å². The summed E-state index contributed by atoms with van der Waals surface area (Å²) in [7, 11) is 0. The summed E-state index contributed by atoms with van der Waals surface area (Å²) in [6.45, 7) is 2.59. The van der Waals surface area contributed by atoms with Crippen molar-refractivity contribution in [2.45, 2.75) is 13.0 Å². The van der Waals surface area contributed by atoms with Crippen LogP contribution in [0.15, 0.2) is 45.5 Å². The maximum absolute atomic E-state index is 5.62. The van der Waals surface area contributed by atoms with E-state index in [9.17, 15) is 0 Å². The van der Waals surface area contributed by atoms with Gasteiger partial charge in [0.2, 0.25) is 0 Å². The van der Waals surface area contributed by atoms with Crippen LogP contribution < -0.4 is 16.0 Å². The first-order valence-corrected chi connectivity index (χ1v) is 6.47. The Labute approximate surface area is 114 Å². The van der Waals surface area contributed by atoms with Crippen molar-refractivity contribution in [3.05, 3.63) is 52.4 Å². The number of hydrogen-bond donors (Lipinski definition) is 2. The van der Waals surface area contributed by atoms with Crippen LogP contribution in [-0.2, 0) is 0 Å². The summed E-state index contributed by atoms with van der Waals surface area (Å²) in [5, 5.41) is 0. The molecule has 1 aromatic heterocycles. The second kappa shape index (κ2) is 6.04. The molecule has 96 valence electrons. The Morgan fingerprint density at radius 2 is 2.28 bits per heavy atom. The van der Waals surface area contributed by atoms with Crippen LogP contribution in [0, 0.1) is 0 Å². The van der Waals surface area contributed by atoms with Gasteiger partial charge >= 0.3 is 0 Å². The summed E-state index contributed by atoms with van der Waals surface area (Å²) in [6.07, 6.45) is 1.62. The molecule has 0 aliphatic heterocycles. The Bertz CT molecular complexity index is 513. The Morgan fingerprint density at radius 1 is 1.44 bits per heavy atom. The maximum Gasteiger partial charge on any atom is 0.140 e. The number of hydrazine groups is 1. The lowest BCUT2D eigenvalue weighted by Gasteiger charge is -2.15. The molecule has 5 heteroatoms. The number of hydrogen-bond acceptors (Lipinski definition) is 4. The van der Waals surface area contributed by atoms with Crippen LogP contribution in [0.5, 0.6) is 5.75 Å². The normalized spacial score (nSPS) is 12.4. The number of furan rings is 1. The lowest BCUT2D eigenvalue weighted by Crippen LogP contribution is -2.28. The Hall–Kier alpha value is -1.30. The van der Waals surface area contributed by atoms with Gasteiger partial charge in [-0.2, -0.15) is 0 Å². The van der Waals surface area contributed by atoms with Crippen molar-refractivity contribution >= 4 is 15.9 Å². The van der Waals surface area contributed by atoms with Gasteiger partial charge in [0.25, 0.3) is 0 Å². The largest absolute Gasteiger partial charge is 0.494 e. The van der Waals surface area contributed by atoms with E-state index in [4.69, 9.17) is 15.0 Å². The fourth-order valence-electron chi connectivity index (χ4n) is 1.79. The van der Waals surface area contributed by atoms with E-state index in [0.29, 0.717) is 6.61 Å². The molecule has 0 spiro atoms. The zero-order valence-electron chi connectivity index (χ0n) is 10.0. The number of nitrogens with one attached hydrogen (secondary N) is 1. The molecule has 0 amide bonds. The molecule has 0 aliphatic rings. The van der Waals surface area contributed by atoms with E-state index in [1.807, 2.05) is 37.3 Å². The van der Waals surface area contributed by atoms with Crippen LogP contribution in [0.2, 0.25) is 0 Å². The zero-order valence-corrected chi connectivity index (χ0v) is 11.6. The average molecular weight is 311 g/mol. The van der Waals surface area contributed by atoms with Gasteiger partial charge in [0.05, 0.1) is 17.3 Å². The van der Waals surface area contributed by atoms with Gasteiger partial charge < -0.3 is 9.15 Å². The van der Waals surface area contributed by atoms with E-state index in [1.54, 1.807) is 6.26 Å². The molecule has 1 heterocycles. The second-order valence-corrected chi connectivity index (χ2v) is 4.59. The van der Waals surface area contributed by atoms with Crippen LogP contribution in [-0.4, -0.2) is 6.61 Å². The van der Waals surface area contributed by atoms with Crippen LogP contribution in [0.4, 0.5) is 0 Å². The van der Waals surface area contributed by atoms with Gasteiger partial charge in [-0.3, -0.25) is 5.84 Å². The third-order valence-corrected chi connectivity index (χ3v) is 3.23. The van der Waals surface area contributed by atoms with Gasteiger partial charge in [0, 0.05) is 0 Å². The minimum Gasteiger partial charge on any atom is -0.494 e. The molecule has 18 heavy (non-hydrogen) atoms. The molecule has 1 unspecified atom stereocenters. The molecule has 1 atom stereocenters. The Morgan fingerprint density at radius 3 is 2.89 bits per heavy atom. The monoisotopic (exact) mass is 310 g/mol. The molecule has 0 fully saturated rings. The van der Waals surface area contributed by atoms with E-state index in [2.05, 4.69) is 21.4 Å². The molecular weight excluding hydrogens is 296 g/mol. The predicted molar refractivity (Wildman–Crippen MR) is 73.2 cm³/mol. The Balaban J connectivity index is 2.33. The summed E-state index contributed by atoms with van der Waals surface area (Å²) in [5.41, 5.74) is 3.74. The van der Waals surface area contributed by atoms with Crippen LogP contribution in [0.1, 0.15) is 24.3 Å². The molecular formula is C13H15BrN2O2. The highest BCUT2D eigenvalue weighted by molar-refractivity contribution is 9.10. The van der Waals surface area contributed by atoms with Gasteiger partial charge in [-0.15, -0.1) is 0 Å². The van der Waals surface area contributed by atoms with Crippen LogP contribution in [0.25, 0.3) is 0 Å². The van der Waals surface area contributed by atoms with E-state index >= 15 is 0 Å². The quantitative estimate of drug-likeness (QED) is 0.658. The summed E-state index contributed by atoms with van der Waals surface area (Å²) in [4.78, 5) is 0. The molecule has 1 aromatic carbocycles. The minimum atomic E-state index is -0.213. The van der Waals surface area contributed by atoms with Gasteiger partial charge in [-0.1, -0.05) is 12.1 Å². The first-order valence-electron chi connectivity index (χ1n) is 5.68. The molecule has 2 rings (SSSR count). The van der Waals surface area contributed by atoms with Gasteiger partial charge in [0.1, 0.15) is 17.6 Å². The highest BCUT2D eigenvalue weighted by Crippen LogP contribution is 2.30. The Kier molecular flexibility index (Phi) is 4.41. The summed E-state index contributed by atoms with van der Waals surface area (Å²) in [5.74, 6) is 7.18. The minimum absolute atomic E-state index is 0.213. The van der Waals surface area contributed by atoms with Gasteiger partial charge in [-0.25, -0.2) is 5.43 Å². The molecule has 3 N–H and O–H groups in total. The number of benzene rings is 1. The molecule has 0 bridgehead atoms. The van der Waals surface area contributed by atoms with E-state index in [1.165, 1.54) is 0 Å². The number of rotatable bonds is 5. The topological polar surface area (TPSA) is 60.4 Å². The highest BCUT2D eigenvalue weighted by atomic mass is 79.9. The maximum atomic E-state index is 5.62. The van der Waals surface area contributed by atoms with E-state index < -0.39 is 0 Å². The third-order valence-electron chi connectivity index (χ3n) is 2.58. The summed E-state index contributed by atoms with van der Waals surface area (Å²) < 4.78 is 11.8. The van der Waals surface area contributed by atoms with Crippen molar-refractivity contribution in [1.29, 1.82) is 0 Å². The SMILES string of the molecule is CCOc1cccc(C(NN)c2occc2Br)c1. The van der Waals surface area contributed by atoms with Gasteiger partial charge in [-0.05, 0) is 46.6 Å². The van der Waals surface area contributed by atoms with Crippen LogP contribution in [0.3, 0.4) is 0 Å². The number of ether oxygens (including phenoxy) is 1. The number of nitrogens with two attached hydrogens (primary N) is 1. The molecule has 2 aromatic rings. The zero-order chi connectivity index (χ0) is 13.0. The second-order valence-electron chi connectivity index (χ2n) is 3.74. The third kappa shape index (κ3) is 2.75. The van der Waals surface area contributed by atoms with Crippen molar-refractivity contribution < 1.29 is 9.15 Å². The fraction of sp³-hybridized carbons (Fsp3) is 0.231. The van der Waals surface area contributed by atoms with E-state index in [0.717, 1.165) is 21.5 Å². The smallest absolute Gasteiger partial charge is 0.140 e. The molecule has 0 saturated carbocycles. The first-order chi connectivity index (χ1) is 8.76. The fourth-order valence-corrected chi connectivity index (χ4v) is 2.22. The standard InChI is InChI=1S/C13H15BrN2O2/c1-2-17-10-5-3-4-9(8-10)12(16-15)13-11(14)6-7-18-13/h3-8,12,16H,2,15H2,1H3. The number of halogens is 1. The van der Waals surface area contributed by atoms with Crippen molar-refractivity contribution in [2.75, 3.05) is 6.61 Å². The molecule has 0 saturated heterocycles. The lowest BCUT2D eigenvalue weighted by atomic mass is 10.1. The predicted octanol–water partition coefficient (Wildman–Crippen LogP) is 2.99. The lowest BCUT2D eigenvalue weighted by molar-refractivity contribution is 0.339. The van der Waals surface area contributed by atoms with Crippen molar-refractivity contribution in [1.82, 2.24) is 5.43 Å². The van der Waals surface area contributed by atoms with Gasteiger partial charge in [0.15, 0.2) is 0 Å². The molecule has 4 nitrogen and oxygen atoms in total. The highest BCUT2D eigenvalue weighted by Gasteiger charge is 2.19. The average Bonchev–Trinajstić information content (AvgIpc) is 2.78. The van der Waals surface area contributed by atoms with Crippen molar-refractivity contribution in [3.8, 4) is 5.75 Å². The summed E-state index contributed by atoms with van der Waals surface area (Å²) >= 11 is 3.43. The van der Waals surface area contributed by atoms with E-state index in [-0.39, 0.29) is 6.04 Å². The molecule has 0 radical (unpaired) electrons. The first kappa shape index (κ1) is 13.1. The van der Waals surface area contributed by atoms with Crippen molar-refractivity contribution in [2.24, 2.45) is 5.84 Å². The summed E-state index contributed by atoms with van der Waals surface area (Å²) in [6, 6.07) is 9.39. The van der Waals surface area contributed by atoms with Crippen molar-refractivity contribution in [3.63, 3.8) is 0 Å². The molecule has 0 aliphatic carbocycles.